The zero-order valence-electron chi connectivity index (χ0n) is 28.3. The summed E-state index contributed by atoms with van der Waals surface area (Å²) < 4.78 is 2.30. The number of anilines is 2. The van der Waals surface area contributed by atoms with Gasteiger partial charge in [0.15, 0.2) is 5.84 Å². The van der Waals surface area contributed by atoms with Gasteiger partial charge < -0.3 is 10.2 Å². The SMILES string of the molecule is CC12C=CC=CC1N(c1cnc(-n3c4ccccc4c4ccccc43)c(C3=NC(c4ccccc4)=NC(C4=CC=CCC4)N3)c1)c1ccccc12. The molecule has 2 aliphatic carbocycles. The molecular weight excluding hydrogens is 625 g/mol. The van der Waals surface area contributed by atoms with Crippen molar-refractivity contribution in [1.29, 1.82) is 0 Å². The topological polar surface area (TPSA) is 57.8 Å². The summed E-state index contributed by atoms with van der Waals surface area (Å²) in [7, 11) is 0. The summed E-state index contributed by atoms with van der Waals surface area (Å²) in [6.45, 7) is 2.34. The molecule has 0 bridgehead atoms. The molecule has 6 nitrogen and oxygen atoms in total. The van der Waals surface area contributed by atoms with E-state index >= 15 is 0 Å². The molecule has 0 amide bonds. The van der Waals surface area contributed by atoms with E-state index in [1.54, 1.807) is 0 Å². The fraction of sp³-hybridized carbons (Fsp3) is 0.133. The smallest absolute Gasteiger partial charge is 0.159 e. The van der Waals surface area contributed by atoms with Gasteiger partial charge in [-0.1, -0.05) is 127 Å². The van der Waals surface area contributed by atoms with Crippen molar-refractivity contribution < 1.29 is 0 Å². The Kier molecular flexibility index (Phi) is 6.78. The molecule has 3 unspecified atom stereocenters. The van der Waals surface area contributed by atoms with Crippen molar-refractivity contribution in [2.75, 3.05) is 4.90 Å². The molecule has 246 valence electrons. The number of benzene rings is 4. The van der Waals surface area contributed by atoms with Crippen molar-refractivity contribution >= 4 is 44.9 Å². The summed E-state index contributed by atoms with van der Waals surface area (Å²) in [4.78, 5) is 18.4. The molecule has 4 aromatic carbocycles. The lowest BCUT2D eigenvalue weighted by Crippen LogP contribution is -2.41. The van der Waals surface area contributed by atoms with Gasteiger partial charge in [0.1, 0.15) is 17.8 Å². The number of para-hydroxylation sites is 3. The fourth-order valence-corrected chi connectivity index (χ4v) is 8.34. The Morgan fingerprint density at radius 1 is 0.804 bits per heavy atom. The summed E-state index contributed by atoms with van der Waals surface area (Å²) in [5.41, 5.74) is 8.70. The van der Waals surface area contributed by atoms with E-state index < -0.39 is 0 Å². The second-order valence-electron chi connectivity index (χ2n) is 13.8. The van der Waals surface area contributed by atoms with E-state index in [1.807, 2.05) is 24.4 Å². The number of hydrogen-bond acceptors (Lipinski definition) is 5. The van der Waals surface area contributed by atoms with E-state index in [-0.39, 0.29) is 17.6 Å². The number of allylic oxidation sites excluding steroid dienone is 5. The average molecular weight is 661 g/mol. The standard InChI is InChI=1S/C45H36N6/c1-45-27-15-14-26-40(45)50(39-25-13-10-22-36(39)45)32-28-35(44(46-29-32)51-37-23-11-8-20-33(37)34-21-9-12-24-38(34)51)43-48-41(30-16-4-2-5-17-30)47-42(49-43)31-18-6-3-7-19-31/h2-6,8-18,20-29,40,42H,7,19H2,1H3,(H,47,48,49). The Balaban J connectivity index is 1.23. The molecule has 3 atom stereocenters. The van der Waals surface area contributed by atoms with Crippen LogP contribution in [0.3, 0.4) is 0 Å². The molecule has 0 fully saturated rings. The number of nitrogens with zero attached hydrogens (tertiary/aromatic N) is 5. The minimum atomic E-state index is -0.255. The van der Waals surface area contributed by atoms with Gasteiger partial charge in [0.05, 0.1) is 34.5 Å². The molecule has 51 heavy (non-hydrogen) atoms. The molecule has 6 heteroatoms. The van der Waals surface area contributed by atoms with Crippen LogP contribution < -0.4 is 10.2 Å². The number of pyridine rings is 1. The highest BCUT2D eigenvalue weighted by atomic mass is 15.2. The van der Waals surface area contributed by atoms with Crippen LogP contribution >= 0.6 is 0 Å². The van der Waals surface area contributed by atoms with Crippen LogP contribution in [0.5, 0.6) is 0 Å². The van der Waals surface area contributed by atoms with E-state index in [2.05, 4.69) is 155 Å². The minimum absolute atomic E-state index is 0.100. The Bertz CT molecular complexity index is 2500. The molecule has 0 saturated carbocycles. The first kappa shape index (κ1) is 29.6. The normalized spacial score (nSPS) is 22.0. The van der Waals surface area contributed by atoms with Crippen LogP contribution in [0.1, 0.15) is 36.5 Å². The Morgan fingerprint density at radius 3 is 2.33 bits per heavy atom. The Hall–Kier alpha value is -6.27. The Labute approximate surface area is 297 Å². The van der Waals surface area contributed by atoms with Crippen molar-refractivity contribution in [3.63, 3.8) is 0 Å². The molecular formula is C45H36N6. The molecule has 4 aliphatic rings. The maximum Gasteiger partial charge on any atom is 0.159 e. The second kappa shape index (κ2) is 11.7. The largest absolute Gasteiger partial charge is 0.344 e. The summed E-state index contributed by atoms with van der Waals surface area (Å²) in [5, 5.41) is 6.18. The van der Waals surface area contributed by atoms with Gasteiger partial charge >= 0.3 is 0 Å². The quantitative estimate of drug-likeness (QED) is 0.200. The predicted octanol–water partition coefficient (Wildman–Crippen LogP) is 9.48. The Morgan fingerprint density at radius 2 is 1.55 bits per heavy atom. The van der Waals surface area contributed by atoms with Gasteiger partial charge in [-0.05, 0) is 55.2 Å². The number of amidine groups is 2. The molecule has 1 N–H and O–H groups in total. The molecule has 2 aromatic heterocycles. The first-order valence-corrected chi connectivity index (χ1v) is 17.8. The zero-order valence-corrected chi connectivity index (χ0v) is 28.3. The van der Waals surface area contributed by atoms with Crippen molar-refractivity contribution in [3.8, 4) is 5.82 Å². The van der Waals surface area contributed by atoms with Gasteiger partial charge in [0.2, 0.25) is 0 Å². The van der Waals surface area contributed by atoms with Crippen molar-refractivity contribution in [1.82, 2.24) is 14.9 Å². The van der Waals surface area contributed by atoms with Gasteiger partial charge in [-0.3, -0.25) is 4.57 Å². The van der Waals surface area contributed by atoms with Crippen molar-refractivity contribution in [2.24, 2.45) is 9.98 Å². The van der Waals surface area contributed by atoms with E-state index in [0.29, 0.717) is 5.84 Å². The maximum absolute atomic E-state index is 5.40. The number of fused-ring (bicyclic) bond motifs is 6. The third-order valence-electron chi connectivity index (χ3n) is 10.8. The highest BCUT2D eigenvalue weighted by Crippen LogP contribution is 2.51. The molecule has 0 saturated heterocycles. The van der Waals surface area contributed by atoms with Crippen molar-refractivity contribution in [2.45, 2.75) is 37.4 Å². The van der Waals surface area contributed by atoms with Crippen LogP contribution in [0.4, 0.5) is 11.4 Å². The first-order valence-electron chi connectivity index (χ1n) is 17.8. The summed E-state index contributed by atoms with van der Waals surface area (Å²) in [6, 6.07) is 38.7. The van der Waals surface area contributed by atoms with Crippen LogP contribution in [-0.4, -0.2) is 33.4 Å². The number of hydrogen-bond donors (Lipinski definition) is 1. The number of aliphatic imine (C=N–C) groups is 2. The highest BCUT2D eigenvalue weighted by molar-refractivity contribution is 6.16. The van der Waals surface area contributed by atoms with Gasteiger partial charge in [0, 0.05) is 27.4 Å². The van der Waals surface area contributed by atoms with Gasteiger partial charge in [-0.25, -0.2) is 15.0 Å². The average Bonchev–Trinajstić information content (AvgIpc) is 3.67. The second-order valence-corrected chi connectivity index (χ2v) is 13.8. The predicted molar refractivity (Wildman–Crippen MR) is 209 cm³/mol. The van der Waals surface area contributed by atoms with Gasteiger partial charge in [-0.2, -0.15) is 0 Å². The van der Waals surface area contributed by atoms with Gasteiger partial charge in [-0.15, -0.1) is 0 Å². The minimum Gasteiger partial charge on any atom is -0.344 e. The summed E-state index contributed by atoms with van der Waals surface area (Å²) in [5.74, 6) is 2.29. The molecule has 6 aromatic rings. The lowest BCUT2D eigenvalue weighted by atomic mass is 9.76. The fourth-order valence-electron chi connectivity index (χ4n) is 8.34. The van der Waals surface area contributed by atoms with Crippen LogP contribution in [0.25, 0.3) is 27.6 Å². The molecule has 2 aliphatic heterocycles. The van der Waals surface area contributed by atoms with E-state index in [0.717, 1.165) is 52.3 Å². The van der Waals surface area contributed by atoms with Gasteiger partial charge in [0.25, 0.3) is 0 Å². The summed E-state index contributed by atoms with van der Waals surface area (Å²) in [6.07, 6.45) is 19.3. The monoisotopic (exact) mass is 660 g/mol. The third-order valence-corrected chi connectivity index (χ3v) is 10.8. The molecule has 0 spiro atoms. The molecule has 0 radical (unpaired) electrons. The lowest BCUT2D eigenvalue weighted by molar-refractivity contribution is 0.550. The maximum atomic E-state index is 5.40. The number of nitrogens with one attached hydrogen (secondary N) is 1. The van der Waals surface area contributed by atoms with Crippen LogP contribution in [0, 0.1) is 0 Å². The first-order chi connectivity index (χ1) is 25.2. The summed E-state index contributed by atoms with van der Waals surface area (Å²) >= 11 is 0. The van der Waals surface area contributed by atoms with Crippen LogP contribution in [0.15, 0.2) is 173 Å². The third kappa shape index (κ3) is 4.67. The van der Waals surface area contributed by atoms with Crippen LogP contribution in [-0.2, 0) is 5.41 Å². The number of aromatic nitrogens is 2. The van der Waals surface area contributed by atoms with E-state index in [9.17, 15) is 0 Å². The lowest BCUT2D eigenvalue weighted by Gasteiger charge is -2.35. The van der Waals surface area contributed by atoms with E-state index in [4.69, 9.17) is 15.0 Å². The number of rotatable bonds is 5. The van der Waals surface area contributed by atoms with E-state index in [1.165, 1.54) is 27.6 Å². The highest BCUT2D eigenvalue weighted by Gasteiger charge is 2.46. The molecule has 10 rings (SSSR count). The van der Waals surface area contributed by atoms with Crippen LogP contribution in [0.2, 0.25) is 0 Å². The van der Waals surface area contributed by atoms with Crippen molar-refractivity contribution in [3.05, 3.63) is 180 Å². The zero-order chi connectivity index (χ0) is 33.9. The molecule has 4 heterocycles.